The molecule has 0 bridgehead atoms. The number of rotatable bonds is 38. The van der Waals surface area contributed by atoms with Crippen molar-refractivity contribution in [3.8, 4) is 0 Å². The molecule has 0 spiro atoms. The van der Waals surface area contributed by atoms with Crippen LogP contribution in [-0.4, -0.2) is 49.3 Å². The minimum atomic E-state index is -4.38. The van der Waals surface area contributed by atoms with Crippen molar-refractivity contribution in [2.24, 2.45) is 5.73 Å². The summed E-state index contributed by atoms with van der Waals surface area (Å²) in [7, 11) is -4.38. The number of phosphoric ester groups is 1. The SMILES string of the molecule is CC/C=C\C/C=C\C/C=C\C/C=C\CCCCC(=O)OC(COC(=O)CCCCCCCCCCCCCCCCCC)COP(=O)(O)OCCN. The summed E-state index contributed by atoms with van der Waals surface area (Å²) in [5.74, 6) is -0.876. The monoisotopic (exact) mass is 754 g/mol. The maximum Gasteiger partial charge on any atom is 0.472 e. The third kappa shape index (κ3) is 37.7. The topological polar surface area (TPSA) is 134 Å². The van der Waals surface area contributed by atoms with Gasteiger partial charge in [0.2, 0.25) is 0 Å². The van der Waals surface area contributed by atoms with E-state index >= 15 is 0 Å². The molecular weight excluding hydrogens is 677 g/mol. The molecule has 0 aliphatic rings. The summed E-state index contributed by atoms with van der Waals surface area (Å²) in [6.07, 6.45) is 42.9. The van der Waals surface area contributed by atoms with E-state index in [1.807, 2.05) is 0 Å². The number of carbonyl (C=O) groups excluding carboxylic acids is 2. The Labute approximate surface area is 317 Å². The number of hydrogen-bond acceptors (Lipinski definition) is 8. The zero-order chi connectivity index (χ0) is 38.2. The Kier molecular flexibility index (Phi) is 37.2. The average Bonchev–Trinajstić information content (AvgIpc) is 3.13. The molecule has 0 saturated heterocycles. The Morgan fingerprint density at radius 3 is 1.58 bits per heavy atom. The van der Waals surface area contributed by atoms with Gasteiger partial charge >= 0.3 is 19.8 Å². The first-order chi connectivity index (χ1) is 25.3. The second-order valence-corrected chi connectivity index (χ2v) is 14.9. The molecule has 0 aromatic heterocycles. The van der Waals surface area contributed by atoms with Crippen LogP contribution < -0.4 is 5.73 Å². The maximum absolute atomic E-state index is 12.5. The number of ether oxygens (including phenoxy) is 2. The molecule has 0 aliphatic heterocycles. The third-order valence-corrected chi connectivity index (χ3v) is 9.46. The van der Waals surface area contributed by atoms with Crippen LogP contribution in [0, 0.1) is 0 Å². The number of esters is 2. The molecule has 0 heterocycles. The van der Waals surface area contributed by atoms with Crippen molar-refractivity contribution < 1.29 is 37.6 Å². The fourth-order valence-corrected chi connectivity index (χ4v) is 6.21. The minimum Gasteiger partial charge on any atom is -0.462 e. The number of hydrogen-bond donors (Lipinski definition) is 2. The van der Waals surface area contributed by atoms with Crippen LogP contribution in [0.15, 0.2) is 48.6 Å². The lowest BCUT2D eigenvalue weighted by molar-refractivity contribution is -0.161. The van der Waals surface area contributed by atoms with Crippen LogP contribution in [0.3, 0.4) is 0 Å². The second kappa shape index (κ2) is 38.7. The molecule has 2 atom stereocenters. The quantitative estimate of drug-likeness (QED) is 0.0273. The van der Waals surface area contributed by atoms with Gasteiger partial charge in [-0.25, -0.2) is 4.57 Å². The van der Waals surface area contributed by atoms with Gasteiger partial charge in [0.05, 0.1) is 13.2 Å². The van der Waals surface area contributed by atoms with Crippen molar-refractivity contribution in [3.05, 3.63) is 48.6 Å². The van der Waals surface area contributed by atoms with E-state index in [2.05, 4.69) is 62.5 Å². The standard InChI is InChI=1S/C42H76NO8P/c1-3-5-7-9-11-13-15-17-19-21-22-24-26-28-30-32-34-41(44)48-38-40(39-50-52(46,47)49-37-36-43)51-42(45)35-33-31-29-27-25-23-20-18-16-14-12-10-8-6-4-2/h6,8,12,14,18,20,25,27,40H,3-5,7,9-11,13,15-17,19,21-24,26,28-39,43H2,1-2H3,(H,46,47)/b8-6-,14-12-,20-18-,27-25-. The predicted molar refractivity (Wildman–Crippen MR) is 215 cm³/mol. The van der Waals surface area contributed by atoms with Gasteiger partial charge in [-0.15, -0.1) is 0 Å². The van der Waals surface area contributed by atoms with Crippen LogP contribution in [0.5, 0.6) is 0 Å². The van der Waals surface area contributed by atoms with E-state index in [9.17, 15) is 19.0 Å². The first-order valence-corrected chi connectivity index (χ1v) is 22.1. The van der Waals surface area contributed by atoms with E-state index in [4.69, 9.17) is 24.3 Å². The highest BCUT2D eigenvalue weighted by atomic mass is 31.2. The van der Waals surface area contributed by atoms with Gasteiger partial charge in [-0.1, -0.05) is 159 Å². The minimum absolute atomic E-state index is 0.0458. The molecule has 10 heteroatoms. The highest BCUT2D eigenvalue weighted by Crippen LogP contribution is 2.43. The fourth-order valence-electron chi connectivity index (χ4n) is 5.45. The molecule has 0 aromatic rings. The van der Waals surface area contributed by atoms with Gasteiger partial charge in [-0.2, -0.15) is 0 Å². The van der Waals surface area contributed by atoms with Crippen LogP contribution in [0.1, 0.15) is 174 Å². The highest BCUT2D eigenvalue weighted by Gasteiger charge is 2.25. The zero-order valence-electron chi connectivity index (χ0n) is 33.0. The molecule has 0 amide bonds. The van der Waals surface area contributed by atoms with E-state index in [1.165, 1.54) is 83.5 Å². The number of unbranched alkanes of at least 4 members (excludes halogenated alkanes) is 17. The van der Waals surface area contributed by atoms with Crippen molar-refractivity contribution in [1.29, 1.82) is 0 Å². The van der Waals surface area contributed by atoms with Crippen LogP contribution in [0.2, 0.25) is 0 Å². The van der Waals surface area contributed by atoms with E-state index in [-0.39, 0.29) is 32.6 Å². The summed E-state index contributed by atoms with van der Waals surface area (Å²) in [5, 5.41) is 0. The molecule has 3 N–H and O–H groups in total. The van der Waals surface area contributed by atoms with Gasteiger partial charge in [0.25, 0.3) is 0 Å². The molecule has 0 aliphatic carbocycles. The smallest absolute Gasteiger partial charge is 0.462 e. The summed E-state index contributed by atoms with van der Waals surface area (Å²) in [4.78, 5) is 34.8. The van der Waals surface area contributed by atoms with E-state index in [1.54, 1.807) is 0 Å². The molecular formula is C42H76NO8P. The largest absolute Gasteiger partial charge is 0.472 e. The lowest BCUT2D eigenvalue weighted by Gasteiger charge is -2.19. The van der Waals surface area contributed by atoms with Gasteiger partial charge in [0.15, 0.2) is 6.10 Å². The summed E-state index contributed by atoms with van der Waals surface area (Å²) < 4.78 is 32.7. The van der Waals surface area contributed by atoms with Crippen LogP contribution in [0.25, 0.3) is 0 Å². The third-order valence-electron chi connectivity index (χ3n) is 8.48. The van der Waals surface area contributed by atoms with E-state index in [0.29, 0.717) is 6.42 Å². The highest BCUT2D eigenvalue weighted by molar-refractivity contribution is 7.47. The second-order valence-electron chi connectivity index (χ2n) is 13.5. The Bertz CT molecular complexity index is 996. The summed E-state index contributed by atoms with van der Waals surface area (Å²) in [6, 6.07) is 0. The van der Waals surface area contributed by atoms with Crippen LogP contribution >= 0.6 is 7.82 Å². The molecule has 0 saturated carbocycles. The molecule has 0 rings (SSSR count). The molecule has 0 aromatic carbocycles. The van der Waals surface area contributed by atoms with Gasteiger partial charge in [0, 0.05) is 19.4 Å². The van der Waals surface area contributed by atoms with Crippen molar-refractivity contribution in [1.82, 2.24) is 0 Å². The summed E-state index contributed by atoms with van der Waals surface area (Å²) in [6.45, 7) is 3.57. The molecule has 2 unspecified atom stereocenters. The van der Waals surface area contributed by atoms with Crippen LogP contribution in [0.4, 0.5) is 0 Å². The summed E-state index contributed by atoms with van der Waals surface area (Å²) >= 11 is 0. The molecule has 9 nitrogen and oxygen atoms in total. The van der Waals surface area contributed by atoms with Crippen molar-refractivity contribution in [2.45, 2.75) is 180 Å². The van der Waals surface area contributed by atoms with Gasteiger partial charge in [-0.05, 0) is 51.4 Å². The molecule has 0 fully saturated rings. The Balaban J connectivity index is 4.23. The van der Waals surface area contributed by atoms with Gasteiger partial charge < -0.3 is 20.1 Å². The van der Waals surface area contributed by atoms with Gasteiger partial charge in [-0.3, -0.25) is 18.6 Å². The average molecular weight is 754 g/mol. The zero-order valence-corrected chi connectivity index (χ0v) is 33.9. The number of allylic oxidation sites excluding steroid dienone is 8. The Morgan fingerprint density at radius 1 is 0.596 bits per heavy atom. The predicted octanol–water partition coefficient (Wildman–Crippen LogP) is 11.6. The molecule has 302 valence electrons. The lowest BCUT2D eigenvalue weighted by Crippen LogP contribution is -2.29. The first kappa shape index (κ1) is 50.0. The normalized spacial score (nSPS) is 13.8. The summed E-state index contributed by atoms with van der Waals surface area (Å²) in [5.41, 5.74) is 5.34. The Hall–Kier alpha value is -2.03. The molecule has 52 heavy (non-hydrogen) atoms. The number of carbonyl (C=O) groups is 2. The fraction of sp³-hybridized carbons (Fsp3) is 0.762. The Morgan fingerprint density at radius 2 is 1.06 bits per heavy atom. The van der Waals surface area contributed by atoms with Crippen molar-refractivity contribution in [2.75, 3.05) is 26.4 Å². The lowest BCUT2D eigenvalue weighted by atomic mass is 10.0. The first-order valence-electron chi connectivity index (χ1n) is 20.6. The van der Waals surface area contributed by atoms with Crippen molar-refractivity contribution in [3.63, 3.8) is 0 Å². The number of phosphoric acid groups is 1. The van der Waals surface area contributed by atoms with E-state index in [0.717, 1.165) is 57.8 Å². The maximum atomic E-state index is 12.5. The van der Waals surface area contributed by atoms with E-state index < -0.39 is 32.5 Å². The van der Waals surface area contributed by atoms with Crippen LogP contribution in [-0.2, 0) is 32.7 Å². The van der Waals surface area contributed by atoms with Gasteiger partial charge in [0.1, 0.15) is 6.61 Å². The molecule has 0 radical (unpaired) electrons. The number of nitrogens with two attached hydrogens (primary N) is 1. The van der Waals surface area contributed by atoms with Crippen molar-refractivity contribution >= 4 is 19.8 Å².